The number of aliphatic hydroxyl groups is 1. The quantitative estimate of drug-likeness (QED) is 0.748. The topological polar surface area (TPSA) is 45.2 Å². The average Bonchev–Trinajstić information content (AvgIpc) is 2.92. The standard InChI is InChI=1S/C17H15NO2/c19-17(10-20-11-17)15-4-1-12(2-5-15)13-3-6-16-14(9-13)7-8-18-16/h1-9,18-19H,10-11H2. The Hall–Kier alpha value is -2.10. The third-order valence-corrected chi connectivity index (χ3v) is 3.99. The summed E-state index contributed by atoms with van der Waals surface area (Å²) in [5.41, 5.74) is 3.62. The molecule has 3 nitrogen and oxygen atoms in total. The van der Waals surface area contributed by atoms with Crippen LogP contribution >= 0.6 is 0 Å². The van der Waals surface area contributed by atoms with Gasteiger partial charge in [-0.2, -0.15) is 0 Å². The average molecular weight is 265 g/mol. The summed E-state index contributed by atoms with van der Waals surface area (Å²) < 4.78 is 5.09. The van der Waals surface area contributed by atoms with E-state index in [4.69, 9.17) is 4.74 Å². The monoisotopic (exact) mass is 265 g/mol. The number of hydrogen-bond acceptors (Lipinski definition) is 2. The summed E-state index contributed by atoms with van der Waals surface area (Å²) in [4.78, 5) is 3.20. The first-order valence-electron chi connectivity index (χ1n) is 6.73. The summed E-state index contributed by atoms with van der Waals surface area (Å²) in [5, 5.41) is 11.4. The van der Waals surface area contributed by atoms with Gasteiger partial charge < -0.3 is 14.8 Å². The van der Waals surface area contributed by atoms with Crippen molar-refractivity contribution in [3.8, 4) is 11.1 Å². The van der Waals surface area contributed by atoms with E-state index in [1.807, 2.05) is 18.3 Å². The Bertz CT molecular complexity index is 754. The Labute approximate surface area is 116 Å². The van der Waals surface area contributed by atoms with Crippen LogP contribution in [0.3, 0.4) is 0 Å². The predicted octanol–water partition coefficient (Wildman–Crippen LogP) is 3.05. The summed E-state index contributed by atoms with van der Waals surface area (Å²) in [7, 11) is 0. The van der Waals surface area contributed by atoms with Crippen molar-refractivity contribution < 1.29 is 9.84 Å². The summed E-state index contributed by atoms with van der Waals surface area (Å²) >= 11 is 0. The van der Waals surface area contributed by atoms with Crippen LogP contribution < -0.4 is 0 Å². The number of aromatic nitrogens is 1. The van der Waals surface area contributed by atoms with Gasteiger partial charge in [-0.1, -0.05) is 30.3 Å². The second-order valence-electron chi connectivity index (χ2n) is 5.38. The van der Waals surface area contributed by atoms with Crippen molar-refractivity contribution >= 4 is 10.9 Å². The van der Waals surface area contributed by atoms with E-state index in [2.05, 4.69) is 41.4 Å². The van der Waals surface area contributed by atoms with E-state index in [1.165, 1.54) is 10.9 Å². The molecular weight excluding hydrogens is 250 g/mol. The molecule has 1 saturated heterocycles. The van der Waals surface area contributed by atoms with Gasteiger partial charge in [-0.15, -0.1) is 0 Å². The van der Waals surface area contributed by atoms with Crippen molar-refractivity contribution in [3.05, 3.63) is 60.3 Å². The third kappa shape index (κ3) is 1.75. The van der Waals surface area contributed by atoms with Crippen molar-refractivity contribution in [1.29, 1.82) is 0 Å². The highest BCUT2D eigenvalue weighted by molar-refractivity contribution is 5.85. The Morgan fingerprint density at radius 2 is 1.70 bits per heavy atom. The van der Waals surface area contributed by atoms with Gasteiger partial charge in [-0.25, -0.2) is 0 Å². The number of rotatable bonds is 2. The molecule has 0 unspecified atom stereocenters. The summed E-state index contributed by atoms with van der Waals surface area (Å²) in [6, 6.07) is 16.5. The van der Waals surface area contributed by atoms with Crippen molar-refractivity contribution in [3.63, 3.8) is 0 Å². The molecule has 0 radical (unpaired) electrons. The van der Waals surface area contributed by atoms with Crippen molar-refractivity contribution in [1.82, 2.24) is 4.98 Å². The fourth-order valence-electron chi connectivity index (χ4n) is 2.67. The smallest absolute Gasteiger partial charge is 0.136 e. The molecule has 2 N–H and O–H groups in total. The molecule has 0 saturated carbocycles. The number of fused-ring (bicyclic) bond motifs is 1. The molecule has 3 heteroatoms. The molecule has 2 aromatic carbocycles. The van der Waals surface area contributed by atoms with Gasteiger partial charge >= 0.3 is 0 Å². The molecule has 1 aliphatic rings. The number of aromatic amines is 1. The van der Waals surface area contributed by atoms with E-state index in [0.29, 0.717) is 13.2 Å². The first kappa shape index (κ1) is 11.7. The molecule has 1 fully saturated rings. The molecule has 0 spiro atoms. The SMILES string of the molecule is OC1(c2ccc(-c3ccc4[nH]ccc4c3)cc2)COC1. The first-order valence-corrected chi connectivity index (χ1v) is 6.73. The normalized spacial score (nSPS) is 17.1. The molecule has 1 aliphatic heterocycles. The van der Waals surface area contributed by atoms with E-state index in [9.17, 15) is 5.11 Å². The fourth-order valence-corrected chi connectivity index (χ4v) is 2.67. The van der Waals surface area contributed by atoms with Gasteiger partial charge in [0.2, 0.25) is 0 Å². The first-order chi connectivity index (χ1) is 9.74. The van der Waals surface area contributed by atoms with Gasteiger partial charge in [-0.05, 0) is 40.3 Å². The van der Waals surface area contributed by atoms with Gasteiger partial charge in [0, 0.05) is 11.7 Å². The lowest BCUT2D eigenvalue weighted by molar-refractivity contribution is -0.184. The number of benzene rings is 2. The highest BCUT2D eigenvalue weighted by atomic mass is 16.5. The minimum atomic E-state index is -0.789. The maximum absolute atomic E-state index is 10.2. The molecule has 100 valence electrons. The van der Waals surface area contributed by atoms with E-state index in [1.54, 1.807) is 0 Å². The van der Waals surface area contributed by atoms with Gasteiger partial charge in [-0.3, -0.25) is 0 Å². The highest BCUT2D eigenvalue weighted by Crippen LogP contribution is 2.31. The van der Waals surface area contributed by atoms with Crippen LogP contribution in [-0.4, -0.2) is 23.3 Å². The number of H-pyrrole nitrogens is 1. The minimum absolute atomic E-state index is 0.391. The lowest BCUT2D eigenvalue weighted by Gasteiger charge is -2.36. The maximum atomic E-state index is 10.2. The van der Waals surface area contributed by atoms with E-state index in [0.717, 1.165) is 16.6 Å². The number of nitrogens with one attached hydrogen (secondary N) is 1. The van der Waals surface area contributed by atoms with E-state index in [-0.39, 0.29) is 0 Å². The minimum Gasteiger partial charge on any atom is -0.380 e. The molecule has 3 aromatic rings. The molecule has 2 heterocycles. The Balaban J connectivity index is 1.71. The molecule has 4 rings (SSSR count). The molecule has 20 heavy (non-hydrogen) atoms. The van der Waals surface area contributed by atoms with Crippen molar-refractivity contribution in [2.24, 2.45) is 0 Å². The molecule has 0 atom stereocenters. The van der Waals surface area contributed by atoms with Crippen LogP contribution in [0.5, 0.6) is 0 Å². The van der Waals surface area contributed by atoms with E-state index >= 15 is 0 Å². The van der Waals surface area contributed by atoms with Gasteiger partial charge in [0.25, 0.3) is 0 Å². The molecule has 0 amide bonds. The second-order valence-corrected chi connectivity index (χ2v) is 5.38. The zero-order chi connectivity index (χ0) is 13.6. The Morgan fingerprint density at radius 3 is 2.40 bits per heavy atom. The summed E-state index contributed by atoms with van der Waals surface area (Å²) in [6.07, 6.45) is 1.95. The fraction of sp³-hybridized carbons (Fsp3) is 0.176. The predicted molar refractivity (Wildman–Crippen MR) is 78.5 cm³/mol. The lowest BCUT2D eigenvalue weighted by Crippen LogP contribution is -2.46. The van der Waals surface area contributed by atoms with Gasteiger partial charge in [0.1, 0.15) is 5.60 Å². The van der Waals surface area contributed by atoms with Crippen LogP contribution in [0.15, 0.2) is 54.7 Å². The third-order valence-electron chi connectivity index (χ3n) is 3.99. The number of hydrogen-bond donors (Lipinski definition) is 2. The Morgan fingerprint density at radius 1 is 0.950 bits per heavy atom. The zero-order valence-electron chi connectivity index (χ0n) is 11.0. The summed E-state index contributed by atoms with van der Waals surface area (Å²) in [5.74, 6) is 0. The molecule has 0 aliphatic carbocycles. The van der Waals surface area contributed by atoms with Gasteiger partial charge in [0.15, 0.2) is 0 Å². The number of ether oxygens (including phenoxy) is 1. The second kappa shape index (κ2) is 4.20. The van der Waals surface area contributed by atoms with Crippen LogP contribution in [0, 0.1) is 0 Å². The Kier molecular flexibility index (Phi) is 2.46. The van der Waals surface area contributed by atoms with Crippen molar-refractivity contribution in [2.75, 3.05) is 13.2 Å². The van der Waals surface area contributed by atoms with Crippen LogP contribution in [0.25, 0.3) is 22.0 Å². The summed E-state index contributed by atoms with van der Waals surface area (Å²) in [6.45, 7) is 0.781. The van der Waals surface area contributed by atoms with Crippen LogP contribution in [0.1, 0.15) is 5.56 Å². The highest BCUT2D eigenvalue weighted by Gasteiger charge is 2.37. The van der Waals surface area contributed by atoms with Crippen molar-refractivity contribution in [2.45, 2.75) is 5.60 Å². The zero-order valence-corrected chi connectivity index (χ0v) is 11.0. The van der Waals surface area contributed by atoms with E-state index < -0.39 is 5.60 Å². The maximum Gasteiger partial charge on any atom is 0.136 e. The van der Waals surface area contributed by atoms with Crippen LogP contribution in [-0.2, 0) is 10.3 Å². The molecule has 1 aromatic heterocycles. The lowest BCUT2D eigenvalue weighted by atomic mass is 9.90. The van der Waals surface area contributed by atoms with Gasteiger partial charge in [0.05, 0.1) is 13.2 Å². The van der Waals surface area contributed by atoms with Crippen LogP contribution in [0.4, 0.5) is 0 Å². The van der Waals surface area contributed by atoms with Crippen LogP contribution in [0.2, 0.25) is 0 Å². The molecular formula is C17H15NO2. The largest absolute Gasteiger partial charge is 0.380 e. The molecule has 0 bridgehead atoms.